The average molecular weight is 275 g/mol. The van der Waals surface area contributed by atoms with Gasteiger partial charge in [-0.3, -0.25) is 0 Å². The number of aryl methyl sites for hydroxylation is 1. The van der Waals surface area contributed by atoms with Crippen LogP contribution in [0.4, 0.5) is 0 Å². The quantitative estimate of drug-likeness (QED) is 0.864. The minimum atomic E-state index is 0.717. The lowest BCUT2D eigenvalue weighted by atomic mass is 9.79. The van der Waals surface area contributed by atoms with Crippen LogP contribution in [0, 0.1) is 0 Å². The molecule has 1 heteroatoms. The summed E-state index contributed by atoms with van der Waals surface area (Å²) < 4.78 is 0. The summed E-state index contributed by atoms with van der Waals surface area (Å²) in [6, 6.07) is 11.3. The van der Waals surface area contributed by atoms with E-state index in [2.05, 4.69) is 42.5 Å². The first kappa shape index (κ1) is 12.8. The highest BCUT2D eigenvalue weighted by molar-refractivity contribution is 5.95. The van der Waals surface area contributed by atoms with Crippen LogP contribution in [0.15, 0.2) is 48.1 Å². The summed E-state index contributed by atoms with van der Waals surface area (Å²) in [5.74, 6) is 0. The van der Waals surface area contributed by atoms with Crippen molar-refractivity contribution in [3.63, 3.8) is 0 Å². The number of hydrogen-bond donors (Lipinski definition) is 1. The third-order valence-corrected chi connectivity index (χ3v) is 4.92. The summed E-state index contributed by atoms with van der Waals surface area (Å²) in [4.78, 5) is 0. The van der Waals surface area contributed by atoms with Gasteiger partial charge in [0.15, 0.2) is 0 Å². The highest BCUT2D eigenvalue weighted by Gasteiger charge is 2.20. The van der Waals surface area contributed by atoms with Gasteiger partial charge in [-0.1, -0.05) is 48.1 Å². The minimum absolute atomic E-state index is 0.717. The number of nitrogens with two attached hydrogens (primary N) is 1. The fraction of sp³-hybridized carbons (Fsp3) is 0.300. The Morgan fingerprint density at radius 3 is 2.81 bits per heavy atom. The van der Waals surface area contributed by atoms with Gasteiger partial charge in [0.25, 0.3) is 0 Å². The van der Waals surface area contributed by atoms with E-state index in [9.17, 15) is 0 Å². The van der Waals surface area contributed by atoms with Crippen molar-refractivity contribution >= 4 is 16.3 Å². The highest BCUT2D eigenvalue weighted by Crippen LogP contribution is 2.40. The first-order chi connectivity index (χ1) is 10.4. The summed E-state index contributed by atoms with van der Waals surface area (Å²) in [6.07, 6.45) is 10.5. The number of rotatable bonds is 2. The van der Waals surface area contributed by atoms with Gasteiger partial charge >= 0.3 is 0 Å². The highest BCUT2D eigenvalue weighted by atomic mass is 14.5. The minimum Gasteiger partial charge on any atom is -0.330 e. The van der Waals surface area contributed by atoms with Gasteiger partial charge in [-0.05, 0) is 71.7 Å². The molecule has 0 saturated heterocycles. The fourth-order valence-electron chi connectivity index (χ4n) is 3.91. The molecular weight excluding hydrogens is 254 g/mol. The molecule has 0 aromatic heterocycles. The van der Waals surface area contributed by atoms with Crippen LogP contribution in [0.25, 0.3) is 16.3 Å². The van der Waals surface area contributed by atoms with Crippen LogP contribution in [0.3, 0.4) is 0 Å². The molecule has 2 aliphatic rings. The van der Waals surface area contributed by atoms with Crippen LogP contribution >= 0.6 is 0 Å². The Hall–Kier alpha value is -1.86. The van der Waals surface area contributed by atoms with Gasteiger partial charge in [0.1, 0.15) is 0 Å². The van der Waals surface area contributed by atoms with Gasteiger partial charge in [-0.2, -0.15) is 0 Å². The summed E-state index contributed by atoms with van der Waals surface area (Å²) in [6.45, 7) is 0.717. The second-order valence-corrected chi connectivity index (χ2v) is 6.10. The van der Waals surface area contributed by atoms with Gasteiger partial charge in [-0.25, -0.2) is 0 Å². The third-order valence-electron chi connectivity index (χ3n) is 4.92. The molecule has 0 heterocycles. The average Bonchev–Trinajstić information content (AvgIpc) is 2.55. The molecule has 2 aromatic carbocycles. The lowest BCUT2D eigenvalue weighted by Gasteiger charge is -2.25. The van der Waals surface area contributed by atoms with Crippen LogP contribution in [0.2, 0.25) is 0 Å². The zero-order chi connectivity index (χ0) is 14.2. The van der Waals surface area contributed by atoms with Crippen LogP contribution < -0.4 is 5.73 Å². The zero-order valence-corrected chi connectivity index (χ0v) is 12.4. The van der Waals surface area contributed by atoms with Crippen LogP contribution in [-0.4, -0.2) is 6.54 Å². The molecule has 106 valence electrons. The van der Waals surface area contributed by atoms with Gasteiger partial charge in [0.2, 0.25) is 0 Å². The standard InChI is InChI=1S/C20H21N/c21-13-12-15-5-3-7-18-17(15)10-11-19-16-6-2-1-4-14(16)8-9-20(18)19/h2-3,5-7,10-11H,1,4,8-9,12-13,21H2. The van der Waals surface area contributed by atoms with Crippen molar-refractivity contribution < 1.29 is 0 Å². The smallest absolute Gasteiger partial charge is 0.00365 e. The SMILES string of the molecule is NCCc1cccc2c3c(ccc12)C1=C(CCC=C1)CC3. The zero-order valence-electron chi connectivity index (χ0n) is 12.4. The molecule has 1 nitrogen and oxygen atoms in total. The third kappa shape index (κ3) is 2.04. The predicted octanol–water partition coefficient (Wildman–Crippen LogP) is 4.39. The molecule has 0 aliphatic heterocycles. The van der Waals surface area contributed by atoms with Gasteiger partial charge in [0, 0.05) is 0 Å². The van der Waals surface area contributed by atoms with Crippen molar-refractivity contribution in [2.24, 2.45) is 5.73 Å². The molecule has 2 N–H and O–H groups in total. The van der Waals surface area contributed by atoms with Crippen LogP contribution in [0.5, 0.6) is 0 Å². The van der Waals surface area contributed by atoms with E-state index in [-0.39, 0.29) is 0 Å². The Balaban J connectivity index is 1.95. The Labute approximate surface area is 126 Å². The Morgan fingerprint density at radius 1 is 0.952 bits per heavy atom. The van der Waals surface area contributed by atoms with Crippen molar-refractivity contribution in [2.45, 2.75) is 32.1 Å². The second kappa shape index (κ2) is 5.16. The molecule has 2 aliphatic carbocycles. The molecule has 0 atom stereocenters. The lowest BCUT2D eigenvalue weighted by molar-refractivity contribution is 0.831. The van der Waals surface area contributed by atoms with Gasteiger partial charge in [0.05, 0.1) is 0 Å². The normalized spacial score (nSPS) is 17.0. The molecule has 0 unspecified atom stereocenters. The topological polar surface area (TPSA) is 26.0 Å². The molecule has 0 spiro atoms. The summed E-state index contributed by atoms with van der Waals surface area (Å²) in [5.41, 5.74) is 13.3. The van der Waals surface area contributed by atoms with E-state index in [0.717, 1.165) is 6.42 Å². The Bertz CT molecular complexity index is 765. The molecule has 0 fully saturated rings. The van der Waals surface area contributed by atoms with E-state index in [1.165, 1.54) is 58.7 Å². The van der Waals surface area contributed by atoms with Gasteiger partial charge < -0.3 is 5.73 Å². The molecule has 0 radical (unpaired) electrons. The lowest BCUT2D eigenvalue weighted by Crippen LogP contribution is -2.08. The maximum Gasteiger partial charge on any atom is -0.00365 e. The summed E-state index contributed by atoms with van der Waals surface area (Å²) in [5, 5.41) is 2.83. The second-order valence-electron chi connectivity index (χ2n) is 6.10. The van der Waals surface area contributed by atoms with E-state index in [0.29, 0.717) is 6.54 Å². The molecule has 4 rings (SSSR count). The first-order valence-electron chi connectivity index (χ1n) is 8.01. The molecule has 2 aromatic rings. The van der Waals surface area contributed by atoms with Crippen LogP contribution in [0.1, 0.15) is 36.0 Å². The number of hydrogen-bond acceptors (Lipinski definition) is 1. The van der Waals surface area contributed by atoms with Gasteiger partial charge in [-0.15, -0.1) is 0 Å². The van der Waals surface area contributed by atoms with E-state index < -0.39 is 0 Å². The summed E-state index contributed by atoms with van der Waals surface area (Å²) >= 11 is 0. The molecule has 0 saturated carbocycles. The van der Waals surface area contributed by atoms with E-state index in [4.69, 9.17) is 5.73 Å². The van der Waals surface area contributed by atoms with Crippen molar-refractivity contribution in [2.75, 3.05) is 6.54 Å². The van der Waals surface area contributed by atoms with E-state index >= 15 is 0 Å². The van der Waals surface area contributed by atoms with Crippen molar-refractivity contribution in [3.05, 3.63) is 64.7 Å². The number of allylic oxidation sites excluding steroid dienone is 4. The molecule has 21 heavy (non-hydrogen) atoms. The molecular formula is C20H21N. The van der Waals surface area contributed by atoms with E-state index in [1.807, 2.05) is 0 Å². The van der Waals surface area contributed by atoms with Crippen molar-refractivity contribution in [1.82, 2.24) is 0 Å². The Morgan fingerprint density at radius 2 is 1.90 bits per heavy atom. The number of fused-ring (bicyclic) bond motifs is 4. The molecule has 0 bridgehead atoms. The monoisotopic (exact) mass is 275 g/mol. The number of benzene rings is 2. The Kier molecular flexibility index (Phi) is 3.16. The van der Waals surface area contributed by atoms with E-state index in [1.54, 1.807) is 5.57 Å². The maximum atomic E-state index is 5.76. The van der Waals surface area contributed by atoms with Crippen molar-refractivity contribution in [1.29, 1.82) is 0 Å². The predicted molar refractivity (Wildman–Crippen MR) is 90.3 cm³/mol. The summed E-state index contributed by atoms with van der Waals surface area (Å²) in [7, 11) is 0. The fourth-order valence-corrected chi connectivity index (χ4v) is 3.91. The largest absolute Gasteiger partial charge is 0.330 e. The maximum absolute atomic E-state index is 5.76. The first-order valence-corrected chi connectivity index (χ1v) is 8.01. The van der Waals surface area contributed by atoms with Crippen molar-refractivity contribution in [3.8, 4) is 0 Å². The van der Waals surface area contributed by atoms with Crippen LogP contribution in [-0.2, 0) is 12.8 Å². The molecule has 0 amide bonds.